The summed E-state index contributed by atoms with van der Waals surface area (Å²) in [6, 6.07) is 0. The Morgan fingerprint density at radius 2 is 2.11 bits per heavy atom. The standard InChI is InChI=1S/C2HFO5S/c3-1-2(4)8-9(5,6)7-1/h1H. The molecule has 0 aromatic carbocycles. The third kappa shape index (κ3) is 1.16. The minimum atomic E-state index is -4.37. The van der Waals surface area contributed by atoms with Gasteiger partial charge >= 0.3 is 22.7 Å². The predicted octanol–water partition coefficient (Wildman–Crippen LogP) is -0.900. The van der Waals surface area contributed by atoms with Gasteiger partial charge in [-0.1, -0.05) is 0 Å². The van der Waals surface area contributed by atoms with Gasteiger partial charge in [-0.2, -0.15) is 12.6 Å². The molecule has 0 bridgehead atoms. The fourth-order valence-corrected chi connectivity index (χ4v) is 0.902. The zero-order chi connectivity index (χ0) is 7.07. The van der Waals surface area contributed by atoms with Crippen LogP contribution in [0, 0.1) is 0 Å². The highest BCUT2D eigenvalue weighted by Crippen LogP contribution is 2.14. The maximum atomic E-state index is 11.7. The number of alkyl halides is 1. The molecule has 0 N–H and O–H groups in total. The van der Waals surface area contributed by atoms with Crippen molar-refractivity contribution in [2.24, 2.45) is 0 Å². The van der Waals surface area contributed by atoms with Gasteiger partial charge in [-0.3, -0.25) is 0 Å². The van der Waals surface area contributed by atoms with Crippen molar-refractivity contribution >= 4 is 16.4 Å². The third-order valence-corrected chi connectivity index (χ3v) is 1.34. The van der Waals surface area contributed by atoms with Crippen molar-refractivity contribution in [2.45, 2.75) is 6.36 Å². The van der Waals surface area contributed by atoms with Gasteiger partial charge in [0.05, 0.1) is 0 Å². The number of hydrogen-bond donors (Lipinski definition) is 0. The molecule has 0 aromatic rings. The predicted molar refractivity (Wildman–Crippen MR) is 21.0 cm³/mol. The van der Waals surface area contributed by atoms with Crippen LogP contribution in [0.1, 0.15) is 0 Å². The fraction of sp³-hybridized carbons (Fsp3) is 0.500. The van der Waals surface area contributed by atoms with E-state index in [0.717, 1.165) is 0 Å². The molecular formula is C2HFO5S. The molecule has 0 aliphatic carbocycles. The first-order valence-corrected chi connectivity index (χ1v) is 3.15. The van der Waals surface area contributed by atoms with Gasteiger partial charge in [0.15, 0.2) is 0 Å². The van der Waals surface area contributed by atoms with E-state index in [1.54, 1.807) is 0 Å². The molecule has 1 rings (SSSR count). The Hall–Kier alpha value is -0.690. The number of carbonyl (C=O) groups excluding carboxylic acids is 1. The first-order valence-electron chi connectivity index (χ1n) is 1.82. The summed E-state index contributed by atoms with van der Waals surface area (Å²) in [5.74, 6) is -1.53. The average Bonchev–Trinajstić information content (AvgIpc) is 1.79. The Morgan fingerprint density at radius 1 is 1.56 bits per heavy atom. The molecule has 1 saturated heterocycles. The molecule has 0 aromatic heterocycles. The number of rotatable bonds is 0. The van der Waals surface area contributed by atoms with Crippen LogP contribution >= 0.6 is 0 Å². The SMILES string of the molecule is O=C1OS(=O)(=O)OC1F. The van der Waals surface area contributed by atoms with Gasteiger partial charge in [-0.05, 0) is 0 Å². The van der Waals surface area contributed by atoms with E-state index in [1.807, 2.05) is 0 Å². The second-order valence-corrected chi connectivity index (χ2v) is 2.40. The van der Waals surface area contributed by atoms with E-state index in [9.17, 15) is 17.6 Å². The molecule has 1 heterocycles. The Bertz CT molecular complexity index is 229. The second kappa shape index (κ2) is 1.64. The molecule has 0 spiro atoms. The molecule has 0 amide bonds. The molecule has 52 valence electrons. The van der Waals surface area contributed by atoms with Crippen molar-refractivity contribution in [3.8, 4) is 0 Å². The van der Waals surface area contributed by atoms with Gasteiger partial charge in [0.2, 0.25) is 0 Å². The van der Waals surface area contributed by atoms with Crippen molar-refractivity contribution in [3.05, 3.63) is 0 Å². The zero-order valence-corrected chi connectivity index (χ0v) is 4.72. The van der Waals surface area contributed by atoms with Crippen LogP contribution in [-0.4, -0.2) is 20.7 Å². The zero-order valence-electron chi connectivity index (χ0n) is 3.90. The molecular weight excluding hydrogens is 155 g/mol. The van der Waals surface area contributed by atoms with E-state index in [1.165, 1.54) is 0 Å². The van der Waals surface area contributed by atoms with Crippen molar-refractivity contribution in [1.29, 1.82) is 0 Å². The fourth-order valence-electron chi connectivity index (χ4n) is 0.301. The maximum Gasteiger partial charge on any atom is 0.455 e. The van der Waals surface area contributed by atoms with Crippen molar-refractivity contribution in [3.63, 3.8) is 0 Å². The van der Waals surface area contributed by atoms with Gasteiger partial charge in [-0.25, -0.2) is 9.18 Å². The molecule has 1 aliphatic rings. The molecule has 0 radical (unpaired) electrons. The minimum absolute atomic E-state index is 1.53. The lowest BCUT2D eigenvalue weighted by atomic mass is 10.7. The van der Waals surface area contributed by atoms with Crippen LogP contribution in [0.15, 0.2) is 0 Å². The van der Waals surface area contributed by atoms with Crippen molar-refractivity contribution in [1.82, 2.24) is 0 Å². The molecule has 5 nitrogen and oxygen atoms in total. The summed E-state index contributed by atoms with van der Waals surface area (Å²) in [4.78, 5) is 9.89. The second-order valence-electron chi connectivity index (χ2n) is 1.22. The lowest BCUT2D eigenvalue weighted by Gasteiger charge is -1.82. The Morgan fingerprint density at radius 3 is 2.22 bits per heavy atom. The average molecular weight is 156 g/mol. The summed E-state index contributed by atoms with van der Waals surface area (Å²) in [6.45, 7) is 0. The van der Waals surface area contributed by atoms with Crippen LogP contribution in [0.3, 0.4) is 0 Å². The lowest BCUT2D eigenvalue weighted by Crippen LogP contribution is -2.07. The summed E-state index contributed by atoms with van der Waals surface area (Å²) in [6.07, 6.45) is -2.49. The number of carbonyl (C=O) groups is 1. The third-order valence-electron chi connectivity index (χ3n) is 0.572. The van der Waals surface area contributed by atoms with Crippen LogP contribution in [-0.2, 0) is 23.6 Å². The highest BCUT2D eigenvalue weighted by molar-refractivity contribution is 7.82. The van der Waals surface area contributed by atoms with E-state index < -0.39 is 22.7 Å². The molecule has 9 heavy (non-hydrogen) atoms. The van der Waals surface area contributed by atoms with E-state index >= 15 is 0 Å². The van der Waals surface area contributed by atoms with E-state index in [4.69, 9.17) is 0 Å². The highest BCUT2D eigenvalue weighted by atomic mass is 32.3. The largest absolute Gasteiger partial charge is 0.455 e. The van der Waals surface area contributed by atoms with E-state index in [2.05, 4.69) is 8.37 Å². The summed E-state index contributed by atoms with van der Waals surface area (Å²) in [5.41, 5.74) is 0. The van der Waals surface area contributed by atoms with Gasteiger partial charge in [0, 0.05) is 0 Å². The summed E-state index contributed by atoms with van der Waals surface area (Å²) in [7, 11) is -4.37. The van der Waals surface area contributed by atoms with E-state index in [0.29, 0.717) is 0 Å². The monoisotopic (exact) mass is 156 g/mol. The minimum Gasteiger partial charge on any atom is -0.319 e. The quantitative estimate of drug-likeness (QED) is 0.454. The molecule has 1 atom stereocenters. The Labute approximate surface area is 49.7 Å². The van der Waals surface area contributed by atoms with Crippen LogP contribution in [0.5, 0.6) is 0 Å². The van der Waals surface area contributed by atoms with Gasteiger partial charge < -0.3 is 4.18 Å². The molecule has 7 heteroatoms. The summed E-state index contributed by atoms with van der Waals surface area (Å²) in [5, 5.41) is 0. The number of hydrogen-bond acceptors (Lipinski definition) is 5. The van der Waals surface area contributed by atoms with Crippen LogP contribution in [0.4, 0.5) is 4.39 Å². The number of halogens is 1. The Balaban J connectivity index is 2.90. The first kappa shape index (κ1) is 6.43. The summed E-state index contributed by atoms with van der Waals surface area (Å²) < 4.78 is 38.4. The highest BCUT2D eigenvalue weighted by Gasteiger charge is 2.39. The normalized spacial score (nSPS) is 32.1. The molecule has 1 unspecified atom stereocenters. The van der Waals surface area contributed by atoms with Crippen molar-refractivity contribution in [2.75, 3.05) is 0 Å². The van der Waals surface area contributed by atoms with Crippen LogP contribution in [0.25, 0.3) is 0 Å². The lowest BCUT2D eigenvalue weighted by molar-refractivity contribution is -0.141. The van der Waals surface area contributed by atoms with Gasteiger partial charge in [-0.15, -0.1) is 0 Å². The maximum absolute atomic E-state index is 11.7. The van der Waals surface area contributed by atoms with Gasteiger partial charge in [0.1, 0.15) is 0 Å². The van der Waals surface area contributed by atoms with Crippen molar-refractivity contribution < 1.29 is 26.0 Å². The van der Waals surface area contributed by atoms with Gasteiger partial charge in [0.25, 0.3) is 0 Å². The van der Waals surface area contributed by atoms with Crippen LogP contribution < -0.4 is 0 Å². The summed E-state index contributed by atoms with van der Waals surface area (Å²) >= 11 is 0. The molecule has 1 aliphatic heterocycles. The molecule has 1 fully saturated rings. The molecule has 0 saturated carbocycles. The Kier molecular flexibility index (Phi) is 1.17. The topological polar surface area (TPSA) is 69.7 Å². The van der Waals surface area contributed by atoms with Crippen LogP contribution in [0.2, 0.25) is 0 Å². The van der Waals surface area contributed by atoms with E-state index in [-0.39, 0.29) is 0 Å². The smallest absolute Gasteiger partial charge is 0.319 e. The first-order chi connectivity index (χ1) is 4.01.